The zero-order valence-corrected chi connectivity index (χ0v) is 12.4. The second kappa shape index (κ2) is 6.14. The van der Waals surface area contributed by atoms with Crippen LogP contribution in [0.15, 0.2) is 10.7 Å². The molecule has 0 aliphatic heterocycles. The Morgan fingerprint density at radius 1 is 1.47 bits per heavy atom. The second-order valence-electron chi connectivity index (χ2n) is 4.93. The fraction of sp³-hybridized carbons (Fsp3) is 0.538. The van der Waals surface area contributed by atoms with Crippen molar-refractivity contribution >= 4 is 23.6 Å². The minimum Gasteiger partial charge on any atom is -0.481 e. The van der Waals surface area contributed by atoms with Crippen LogP contribution in [0.1, 0.15) is 35.5 Å². The summed E-state index contributed by atoms with van der Waals surface area (Å²) in [5.74, 6) is -1.11. The highest BCUT2D eigenvalue weighted by Crippen LogP contribution is 2.21. The highest BCUT2D eigenvalue weighted by atomic mass is 32.2. The van der Waals surface area contributed by atoms with Gasteiger partial charge in [0.05, 0.1) is 11.8 Å². The van der Waals surface area contributed by atoms with Crippen LogP contribution in [0.3, 0.4) is 0 Å². The Morgan fingerprint density at radius 2 is 2.11 bits per heavy atom. The molecule has 0 aliphatic carbocycles. The number of hydrogen-bond acceptors (Lipinski definition) is 4. The maximum Gasteiger partial charge on any atom is 0.311 e. The SMILES string of the molecule is CSC(C)(C)CNC(=O)c1c(C)coc1CC(=O)O. The number of carbonyl (C=O) groups is 2. The average molecular weight is 285 g/mol. The van der Waals surface area contributed by atoms with Crippen LogP contribution in [-0.4, -0.2) is 34.5 Å². The van der Waals surface area contributed by atoms with Gasteiger partial charge in [-0.25, -0.2) is 0 Å². The molecule has 6 heteroatoms. The lowest BCUT2D eigenvalue weighted by Crippen LogP contribution is -2.36. The molecule has 1 heterocycles. The van der Waals surface area contributed by atoms with Crippen LogP contribution < -0.4 is 5.32 Å². The summed E-state index contributed by atoms with van der Waals surface area (Å²) in [5, 5.41) is 11.6. The lowest BCUT2D eigenvalue weighted by molar-refractivity contribution is -0.136. The van der Waals surface area contributed by atoms with Gasteiger partial charge in [0.2, 0.25) is 0 Å². The molecule has 0 atom stereocenters. The van der Waals surface area contributed by atoms with Gasteiger partial charge in [0.1, 0.15) is 12.2 Å². The number of hydrogen-bond donors (Lipinski definition) is 2. The molecule has 0 saturated carbocycles. The highest BCUT2D eigenvalue weighted by Gasteiger charge is 2.23. The molecule has 19 heavy (non-hydrogen) atoms. The maximum atomic E-state index is 12.1. The van der Waals surface area contributed by atoms with E-state index in [1.807, 2.05) is 20.1 Å². The fourth-order valence-corrected chi connectivity index (χ4v) is 1.74. The minimum atomic E-state index is -1.02. The number of thioether (sulfide) groups is 1. The molecule has 1 aromatic rings. The van der Waals surface area contributed by atoms with E-state index in [9.17, 15) is 9.59 Å². The molecule has 1 aromatic heterocycles. The number of amides is 1. The van der Waals surface area contributed by atoms with Crippen molar-refractivity contribution in [2.45, 2.75) is 31.9 Å². The van der Waals surface area contributed by atoms with Gasteiger partial charge in [0.15, 0.2) is 0 Å². The molecule has 0 fully saturated rings. The maximum absolute atomic E-state index is 12.1. The quantitative estimate of drug-likeness (QED) is 0.836. The largest absolute Gasteiger partial charge is 0.481 e. The van der Waals surface area contributed by atoms with Gasteiger partial charge in [-0.2, -0.15) is 11.8 Å². The van der Waals surface area contributed by atoms with E-state index >= 15 is 0 Å². The summed E-state index contributed by atoms with van der Waals surface area (Å²) in [5.41, 5.74) is 0.981. The van der Waals surface area contributed by atoms with Crippen molar-refractivity contribution in [1.29, 1.82) is 0 Å². The van der Waals surface area contributed by atoms with Crippen molar-refractivity contribution in [2.24, 2.45) is 0 Å². The van der Waals surface area contributed by atoms with E-state index in [1.165, 1.54) is 6.26 Å². The molecule has 0 unspecified atom stereocenters. The molecular weight excluding hydrogens is 266 g/mol. The Kier molecular flexibility index (Phi) is 5.05. The van der Waals surface area contributed by atoms with Crippen molar-refractivity contribution in [3.05, 3.63) is 23.2 Å². The summed E-state index contributed by atoms with van der Waals surface area (Å²) in [7, 11) is 0. The summed E-state index contributed by atoms with van der Waals surface area (Å²) in [6, 6.07) is 0. The molecule has 1 rings (SSSR count). The van der Waals surface area contributed by atoms with Crippen LogP contribution in [0, 0.1) is 6.92 Å². The molecule has 0 radical (unpaired) electrons. The van der Waals surface area contributed by atoms with E-state index in [-0.39, 0.29) is 22.8 Å². The summed E-state index contributed by atoms with van der Waals surface area (Å²) in [6.07, 6.45) is 3.10. The summed E-state index contributed by atoms with van der Waals surface area (Å²) in [4.78, 5) is 22.8. The van der Waals surface area contributed by atoms with Crippen molar-refractivity contribution in [2.75, 3.05) is 12.8 Å². The molecule has 0 bridgehead atoms. The van der Waals surface area contributed by atoms with Crippen LogP contribution in [0.25, 0.3) is 0 Å². The van der Waals surface area contributed by atoms with E-state index < -0.39 is 5.97 Å². The van der Waals surface area contributed by atoms with Gasteiger partial charge in [0, 0.05) is 16.9 Å². The monoisotopic (exact) mass is 285 g/mol. The molecule has 0 aliphatic rings. The van der Waals surface area contributed by atoms with Crippen LogP contribution >= 0.6 is 11.8 Å². The Hall–Kier alpha value is -1.43. The number of carboxylic acids is 1. The normalized spacial score (nSPS) is 11.4. The average Bonchev–Trinajstić information content (AvgIpc) is 2.67. The Bertz CT molecular complexity index is 479. The number of carboxylic acid groups (broad SMARTS) is 1. The first-order chi connectivity index (χ1) is 8.76. The third kappa shape index (κ3) is 4.31. The standard InChI is InChI=1S/C13H19NO4S/c1-8-6-18-9(5-10(15)16)11(8)12(17)14-7-13(2,3)19-4/h6H,5,7H2,1-4H3,(H,14,17)(H,15,16). The van der Waals surface area contributed by atoms with Crippen LogP contribution in [0.2, 0.25) is 0 Å². The lowest BCUT2D eigenvalue weighted by Gasteiger charge is -2.22. The predicted molar refractivity (Wildman–Crippen MR) is 74.7 cm³/mol. The minimum absolute atomic E-state index is 0.0692. The van der Waals surface area contributed by atoms with Gasteiger partial charge in [-0.1, -0.05) is 0 Å². The summed E-state index contributed by atoms with van der Waals surface area (Å²) < 4.78 is 5.07. The third-order valence-corrected chi connectivity index (χ3v) is 4.07. The van der Waals surface area contributed by atoms with Gasteiger partial charge in [-0.3, -0.25) is 9.59 Å². The molecule has 1 amide bonds. The van der Waals surface area contributed by atoms with Gasteiger partial charge >= 0.3 is 5.97 Å². The van der Waals surface area contributed by atoms with E-state index in [4.69, 9.17) is 9.52 Å². The Morgan fingerprint density at radius 3 is 2.63 bits per heavy atom. The van der Waals surface area contributed by atoms with E-state index in [2.05, 4.69) is 5.32 Å². The zero-order chi connectivity index (χ0) is 14.6. The first-order valence-electron chi connectivity index (χ1n) is 5.89. The van der Waals surface area contributed by atoms with Crippen molar-refractivity contribution < 1.29 is 19.1 Å². The van der Waals surface area contributed by atoms with Crippen LogP contribution in [-0.2, 0) is 11.2 Å². The second-order valence-corrected chi connectivity index (χ2v) is 6.45. The summed E-state index contributed by atoms with van der Waals surface area (Å²) in [6.45, 7) is 6.28. The van der Waals surface area contributed by atoms with Crippen molar-refractivity contribution in [3.8, 4) is 0 Å². The topological polar surface area (TPSA) is 79.5 Å². The molecule has 5 nitrogen and oxygen atoms in total. The van der Waals surface area contributed by atoms with Crippen LogP contribution in [0.4, 0.5) is 0 Å². The highest BCUT2D eigenvalue weighted by molar-refractivity contribution is 7.99. The van der Waals surface area contributed by atoms with Crippen LogP contribution in [0.5, 0.6) is 0 Å². The van der Waals surface area contributed by atoms with Crippen molar-refractivity contribution in [1.82, 2.24) is 5.32 Å². The smallest absolute Gasteiger partial charge is 0.311 e. The van der Waals surface area contributed by atoms with E-state index in [0.717, 1.165) is 0 Å². The first kappa shape index (κ1) is 15.6. The number of rotatable bonds is 6. The zero-order valence-electron chi connectivity index (χ0n) is 11.6. The summed E-state index contributed by atoms with van der Waals surface area (Å²) >= 11 is 1.65. The first-order valence-corrected chi connectivity index (χ1v) is 7.11. The Balaban J connectivity index is 2.82. The van der Waals surface area contributed by atoms with Crippen molar-refractivity contribution in [3.63, 3.8) is 0 Å². The Labute approximate surface area is 116 Å². The number of nitrogens with one attached hydrogen (secondary N) is 1. The lowest BCUT2D eigenvalue weighted by atomic mass is 10.1. The van der Waals surface area contributed by atoms with Gasteiger partial charge in [-0.05, 0) is 27.0 Å². The van der Waals surface area contributed by atoms with Gasteiger partial charge in [-0.15, -0.1) is 0 Å². The third-order valence-electron chi connectivity index (χ3n) is 2.82. The fourth-order valence-electron chi connectivity index (χ4n) is 1.52. The predicted octanol–water partition coefficient (Wildman–Crippen LogP) is 2.09. The molecule has 0 aromatic carbocycles. The molecule has 2 N–H and O–H groups in total. The molecule has 106 valence electrons. The van der Waals surface area contributed by atoms with Gasteiger partial charge < -0.3 is 14.8 Å². The van der Waals surface area contributed by atoms with E-state index in [0.29, 0.717) is 17.7 Å². The number of carbonyl (C=O) groups excluding carboxylic acids is 1. The number of furan rings is 1. The number of aryl methyl sites for hydroxylation is 1. The van der Waals surface area contributed by atoms with Gasteiger partial charge in [0.25, 0.3) is 5.91 Å². The molecule has 0 saturated heterocycles. The molecule has 0 spiro atoms. The van der Waals surface area contributed by atoms with E-state index in [1.54, 1.807) is 18.7 Å². The molecular formula is C13H19NO4S. The number of aliphatic carboxylic acids is 1.